The van der Waals surface area contributed by atoms with Crippen LogP contribution in [0.15, 0.2) is 21.2 Å². The van der Waals surface area contributed by atoms with E-state index in [2.05, 4.69) is 28.2 Å². The monoisotopic (exact) mass is 243 g/mol. The van der Waals surface area contributed by atoms with Crippen LogP contribution >= 0.6 is 15.9 Å². The highest BCUT2D eigenvalue weighted by Crippen LogP contribution is 2.49. The number of rotatable bonds is 4. The van der Waals surface area contributed by atoms with Crippen LogP contribution in [-0.2, 0) is 0 Å². The van der Waals surface area contributed by atoms with Crippen LogP contribution in [-0.4, -0.2) is 13.1 Å². The minimum absolute atomic E-state index is 0.642. The molecule has 1 fully saturated rings. The Balaban J connectivity index is 1.89. The SMILES string of the molecule is CCNCC1CC1c1occc1Br. The quantitative estimate of drug-likeness (QED) is 0.880. The zero-order chi connectivity index (χ0) is 9.26. The van der Waals surface area contributed by atoms with Crippen molar-refractivity contribution in [1.82, 2.24) is 5.32 Å². The second-order valence-electron chi connectivity index (χ2n) is 3.54. The van der Waals surface area contributed by atoms with Crippen molar-refractivity contribution in [3.63, 3.8) is 0 Å². The maximum atomic E-state index is 5.42. The van der Waals surface area contributed by atoms with Crippen LogP contribution in [0.5, 0.6) is 0 Å². The lowest BCUT2D eigenvalue weighted by Gasteiger charge is -1.98. The Labute approximate surface area is 86.8 Å². The lowest BCUT2D eigenvalue weighted by Crippen LogP contribution is -2.16. The van der Waals surface area contributed by atoms with Gasteiger partial charge in [-0.25, -0.2) is 0 Å². The first-order chi connectivity index (χ1) is 6.33. The molecule has 1 aromatic heterocycles. The standard InChI is InChI=1S/C10H14BrNO/c1-2-12-6-7-5-8(7)10-9(11)3-4-13-10/h3-4,7-8,12H,2,5-6H2,1H3. The Bertz CT molecular complexity index is 284. The molecule has 2 nitrogen and oxygen atoms in total. The van der Waals surface area contributed by atoms with Crippen LogP contribution in [0.1, 0.15) is 25.0 Å². The minimum Gasteiger partial charge on any atom is -0.468 e. The maximum absolute atomic E-state index is 5.42. The normalized spacial score (nSPS) is 26.3. The van der Waals surface area contributed by atoms with Crippen molar-refractivity contribution in [2.24, 2.45) is 5.92 Å². The van der Waals surface area contributed by atoms with E-state index in [0.29, 0.717) is 5.92 Å². The molecule has 1 aliphatic carbocycles. The molecule has 13 heavy (non-hydrogen) atoms. The Morgan fingerprint density at radius 2 is 2.54 bits per heavy atom. The van der Waals surface area contributed by atoms with E-state index in [0.717, 1.165) is 29.2 Å². The Kier molecular flexibility index (Phi) is 2.74. The van der Waals surface area contributed by atoms with Crippen molar-refractivity contribution in [1.29, 1.82) is 0 Å². The van der Waals surface area contributed by atoms with E-state index in [-0.39, 0.29) is 0 Å². The largest absolute Gasteiger partial charge is 0.468 e. The molecular weight excluding hydrogens is 230 g/mol. The van der Waals surface area contributed by atoms with Gasteiger partial charge in [-0.3, -0.25) is 0 Å². The van der Waals surface area contributed by atoms with E-state index >= 15 is 0 Å². The number of hydrogen-bond donors (Lipinski definition) is 1. The smallest absolute Gasteiger partial charge is 0.121 e. The summed E-state index contributed by atoms with van der Waals surface area (Å²) < 4.78 is 6.55. The molecule has 3 heteroatoms. The van der Waals surface area contributed by atoms with Gasteiger partial charge in [0.25, 0.3) is 0 Å². The lowest BCUT2D eigenvalue weighted by molar-refractivity contribution is 0.497. The molecule has 0 saturated heterocycles. The molecule has 2 unspecified atom stereocenters. The highest BCUT2D eigenvalue weighted by molar-refractivity contribution is 9.10. The molecule has 2 atom stereocenters. The highest BCUT2D eigenvalue weighted by atomic mass is 79.9. The predicted molar refractivity (Wildman–Crippen MR) is 55.8 cm³/mol. The van der Waals surface area contributed by atoms with Crippen molar-refractivity contribution >= 4 is 15.9 Å². The molecule has 0 aromatic carbocycles. The summed E-state index contributed by atoms with van der Waals surface area (Å²) in [5.74, 6) is 2.55. The van der Waals surface area contributed by atoms with Crippen LogP contribution in [0.4, 0.5) is 0 Å². The van der Waals surface area contributed by atoms with Gasteiger partial charge in [-0.05, 0) is 47.4 Å². The summed E-state index contributed by atoms with van der Waals surface area (Å²) >= 11 is 3.49. The Morgan fingerprint density at radius 3 is 3.15 bits per heavy atom. The summed E-state index contributed by atoms with van der Waals surface area (Å²) in [5, 5.41) is 3.36. The molecule has 0 radical (unpaired) electrons. The molecule has 1 N–H and O–H groups in total. The Hall–Kier alpha value is -0.280. The van der Waals surface area contributed by atoms with Crippen molar-refractivity contribution in [2.75, 3.05) is 13.1 Å². The minimum atomic E-state index is 0.642. The van der Waals surface area contributed by atoms with Gasteiger partial charge in [-0.2, -0.15) is 0 Å². The van der Waals surface area contributed by atoms with E-state index < -0.39 is 0 Å². The van der Waals surface area contributed by atoms with E-state index in [1.54, 1.807) is 6.26 Å². The van der Waals surface area contributed by atoms with Gasteiger partial charge in [0, 0.05) is 5.92 Å². The maximum Gasteiger partial charge on any atom is 0.121 e. The summed E-state index contributed by atoms with van der Waals surface area (Å²) in [4.78, 5) is 0. The topological polar surface area (TPSA) is 25.2 Å². The lowest BCUT2D eigenvalue weighted by atomic mass is 10.2. The molecular formula is C10H14BrNO. The number of halogens is 1. The van der Waals surface area contributed by atoms with Crippen molar-refractivity contribution in [3.05, 3.63) is 22.6 Å². The van der Waals surface area contributed by atoms with E-state index in [9.17, 15) is 0 Å². The van der Waals surface area contributed by atoms with Crippen LogP contribution in [0.3, 0.4) is 0 Å². The molecule has 0 amide bonds. The molecule has 72 valence electrons. The summed E-state index contributed by atoms with van der Waals surface area (Å²) in [6.45, 7) is 4.32. The number of nitrogens with one attached hydrogen (secondary N) is 1. The zero-order valence-electron chi connectivity index (χ0n) is 7.72. The Morgan fingerprint density at radius 1 is 1.69 bits per heavy atom. The second kappa shape index (κ2) is 3.84. The second-order valence-corrected chi connectivity index (χ2v) is 4.40. The fourth-order valence-corrected chi connectivity index (χ4v) is 2.19. The van der Waals surface area contributed by atoms with E-state index in [4.69, 9.17) is 4.42 Å². The van der Waals surface area contributed by atoms with Gasteiger partial charge in [0.1, 0.15) is 5.76 Å². The van der Waals surface area contributed by atoms with Gasteiger partial charge in [-0.1, -0.05) is 6.92 Å². The zero-order valence-corrected chi connectivity index (χ0v) is 9.30. The molecule has 1 aliphatic rings. The van der Waals surface area contributed by atoms with Crippen molar-refractivity contribution in [3.8, 4) is 0 Å². The van der Waals surface area contributed by atoms with Crippen LogP contribution in [0, 0.1) is 5.92 Å². The first-order valence-electron chi connectivity index (χ1n) is 4.76. The van der Waals surface area contributed by atoms with Gasteiger partial charge >= 0.3 is 0 Å². The van der Waals surface area contributed by atoms with Crippen LogP contribution in [0.25, 0.3) is 0 Å². The number of hydrogen-bond acceptors (Lipinski definition) is 2. The highest BCUT2D eigenvalue weighted by Gasteiger charge is 2.40. The molecule has 1 heterocycles. The first kappa shape index (κ1) is 9.28. The molecule has 1 aromatic rings. The van der Waals surface area contributed by atoms with E-state index in [1.807, 2.05) is 6.07 Å². The summed E-state index contributed by atoms with van der Waals surface area (Å²) in [5.41, 5.74) is 0. The van der Waals surface area contributed by atoms with Crippen molar-refractivity contribution < 1.29 is 4.42 Å². The van der Waals surface area contributed by atoms with Crippen molar-refractivity contribution in [2.45, 2.75) is 19.3 Å². The number of furan rings is 1. The predicted octanol–water partition coefficient (Wildman–Crippen LogP) is 2.76. The van der Waals surface area contributed by atoms with E-state index in [1.165, 1.54) is 6.42 Å². The van der Waals surface area contributed by atoms with Gasteiger partial charge < -0.3 is 9.73 Å². The average Bonchev–Trinajstić information content (AvgIpc) is 2.77. The average molecular weight is 244 g/mol. The molecule has 0 spiro atoms. The summed E-state index contributed by atoms with van der Waals surface area (Å²) in [7, 11) is 0. The third-order valence-electron chi connectivity index (χ3n) is 2.56. The first-order valence-corrected chi connectivity index (χ1v) is 5.55. The van der Waals surface area contributed by atoms with Crippen LogP contribution in [0.2, 0.25) is 0 Å². The van der Waals surface area contributed by atoms with Gasteiger partial charge in [0.05, 0.1) is 10.7 Å². The summed E-state index contributed by atoms with van der Waals surface area (Å²) in [6, 6.07) is 1.97. The molecule has 2 rings (SSSR count). The van der Waals surface area contributed by atoms with Gasteiger partial charge in [0.15, 0.2) is 0 Å². The fourth-order valence-electron chi connectivity index (χ4n) is 1.69. The molecule has 1 saturated carbocycles. The van der Waals surface area contributed by atoms with Gasteiger partial charge in [-0.15, -0.1) is 0 Å². The third-order valence-corrected chi connectivity index (χ3v) is 3.22. The molecule has 0 aliphatic heterocycles. The molecule has 0 bridgehead atoms. The van der Waals surface area contributed by atoms with Crippen LogP contribution < -0.4 is 5.32 Å². The third kappa shape index (κ3) is 1.97. The summed E-state index contributed by atoms with van der Waals surface area (Å²) in [6.07, 6.45) is 3.02. The fraction of sp³-hybridized carbons (Fsp3) is 0.600. The van der Waals surface area contributed by atoms with Gasteiger partial charge in [0.2, 0.25) is 0 Å².